The van der Waals surface area contributed by atoms with E-state index in [1.54, 1.807) is 0 Å². The number of hydrogen-bond donors (Lipinski definition) is 0. The maximum atomic E-state index is 12.9. The fourth-order valence-corrected chi connectivity index (χ4v) is 3.87. The van der Waals surface area contributed by atoms with Crippen LogP contribution in [0.15, 0.2) is 6.07 Å². The van der Waals surface area contributed by atoms with Gasteiger partial charge in [-0.3, -0.25) is 9.48 Å². The molecule has 0 N–H and O–H groups in total. The minimum atomic E-state index is -0.412. The van der Waals surface area contributed by atoms with Gasteiger partial charge >= 0.3 is 0 Å². The lowest BCUT2D eigenvalue weighted by Crippen LogP contribution is -2.50. The standard InChI is InChI=1S/C19H31N3O3/c1-14-11-15(2)22(20-14)12-17-7-4-5-9-21(17)19(23)16(3)25-13-18-8-6-10-24-18/h11,16-18H,4-10,12-13H2,1-3H3/t16-,17+,18-/m1/s1. The molecule has 0 bridgehead atoms. The highest BCUT2D eigenvalue weighted by atomic mass is 16.5. The van der Waals surface area contributed by atoms with Crippen LogP contribution in [0.1, 0.15) is 50.4 Å². The van der Waals surface area contributed by atoms with Crippen LogP contribution in [0.5, 0.6) is 0 Å². The third kappa shape index (κ3) is 4.61. The van der Waals surface area contributed by atoms with Gasteiger partial charge in [-0.1, -0.05) is 0 Å². The summed E-state index contributed by atoms with van der Waals surface area (Å²) in [5, 5.41) is 4.56. The predicted octanol–water partition coefficient (Wildman–Crippen LogP) is 2.47. The molecule has 1 aromatic rings. The van der Waals surface area contributed by atoms with Crippen LogP contribution >= 0.6 is 0 Å². The Morgan fingerprint density at radius 3 is 2.88 bits per heavy atom. The van der Waals surface area contributed by atoms with Crippen molar-refractivity contribution in [1.82, 2.24) is 14.7 Å². The van der Waals surface area contributed by atoms with Gasteiger partial charge in [0.25, 0.3) is 5.91 Å². The molecule has 2 aliphatic heterocycles. The Hall–Kier alpha value is -1.40. The molecule has 0 saturated carbocycles. The predicted molar refractivity (Wildman–Crippen MR) is 95.4 cm³/mol. The first-order valence-electron chi connectivity index (χ1n) is 9.59. The molecule has 140 valence electrons. The summed E-state index contributed by atoms with van der Waals surface area (Å²) in [6.45, 7) is 8.86. The van der Waals surface area contributed by atoms with Gasteiger partial charge in [0.1, 0.15) is 6.10 Å². The second-order valence-electron chi connectivity index (χ2n) is 7.40. The fourth-order valence-electron chi connectivity index (χ4n) is 3.87. The highest BCUT2D eigenvalue weighted by molar-refractivity contribution is 5.81. The Bertz CT molecular complexity index is 580. The van der Waals surface area contributed by atoms with Crippen LogP contribution in [0.25, 0.3) is 0 Å². The number of nitrogens with zero attached hydrogens (tertiary/aromatic N) is 3. The molecule has 25 heavy (non-hydrogen) atoms. The van der Waals surface area contributed by atoms with E-state index in [-0.39, 0.29) is 18.1 Å². The summed E-state index contributed by atoms with van der Waals surface area (Å²) in [4.78, 5) is 14.9. The minimum Gasteiger partial charge on any atom is -0.376 e. The van der Waals surface area contributed by atoms with Crippen LogP contribution in [-0.2, 0) is 20.8 Å². The summed E-state index contributed by atoms with van der Waals surface area (Å²) in [6, 6.07) is 2.29. The van der Waals surface area contributed by atoms with Crippen LogP contribution in [0, 0.1) is 13.8 Å². The molecule has 0 unspecified atom stereocenters. The molecule has 0 radical (unpaired) electrons. The van der Waals surface area contributed by atoms with Crippen molar-refractivity contribution in [2.75, 3.05) is 19.8 Å². The minimum absolute atomic E-state index is 0.101. The van der Waals surface area contributed by atoms with Gasteiger partial charge in [0, 0.05) is 18.8 Å². The molecular weight excluding hydrogens is 318 g/mol. The normalized spacial score (nSPS) is 25.3. The van der Waals surface area contributed by atoms with Crippen molar-refractivity contribution in [3.8, 4) is 0 Å². The lowest BCUT2D eigenvalue weighted by molar-refractivity contribution is -0.148. The fraction of sp³-hybridized carbons (Fsp3) is 0.789. The molecule has 3 atom stereocenters. The molecule has 6 heteroatoms. The Kier molecular flexibility index (Phi) is 6.12. The number of piperidine rings is 1. The van der Waals surface area contributed by atoms with Gasteiger partial charge in [-0.05, 0) is 58.9 Å². The number of rotatable bonds is 6. The summed E-state index contributed by atoms with van der Waals surface area (Å²) in [5.41, 5.74) is 2.18. The van der Waals surface area contributed by atoms with E-state index >= 15 is 0 Å². The van der Waals surface area contributed by atoms with Crippen molar-refractivity contribution in [3.05, 3.63) is 17.5 Å². The lowest BCUT2D eigenvalue weighted by atomic mass is 10.0. The molecule has 2 fully saturated rings. The van der Waals surface area contributed by atoms with E-state index in [0.717, 1.165) is 56.8 Å². The number of aromatic nitrogens is 2. The van der Waals surface area contributed by atoms with Crippen LogP contribution in [0.4, 0.5) is 0 Å². The van der Waals surface area contributed by atoms with E-state index in [4.69, 9.17) is 9.47 Å². The Morgan fingerprint density at radius 1 is 1.36 bits per heavy atom. The zero-order chi connectivity index (χ0) is 17.8. The molecule has 1 amide bonds. The van der Waals surface area contributed by atoms with E-state index in [2.05, 4.69) is 18.1 Å². The first kappa shape index (κ1) is 18.4. The van der Waals surface area contributed by atoms with Crippen molar-refractivity contribution in [3.63, 3.8) is 0 Å². The third-order valence-corrected chi connectivity index (χ3v) is 5.30. The van der Waals surface area contributed by atoms with Gasteiger partial charge in [-0.2, -0.15) is 5.10 Å². The second kappa shape index (κ2) is 8.32. The van der Waals surface area contributed by atoms with Crippen molar-refractivity contribution >= 4 is 5.91 Å². The first-order valence-corrected chi connectivity index (χ1v) is 9.59. The van der Waals surface area contributed by atoms with Crippen LogP contribution in [-0.4, -0.2) is 58.6 Å². The number of amides is 1. The molecule has 0 spiro atoms. The van der Waals surface area contributed by atoms with Gasteiger partial charge in [0.15, 0.2) is 0 Å². The number of carbonyl (C=O) groups excluding carboxylic acids is 1. The van der Waals surface area contributed by atoms with Gasteiger partial charge in [-0.25, -0.2) is 0 Å². The van der Waals surface area contributed by atoms with E-state index in [9.17, 15) is 4.79 Å². The maximum Gasteiger partial charge on any atom is 0.251 e. The topological polar surface area (TPSA) is 56.6 Å². The molecular formula is C19H31N3O3. The molecule has 2 aliphatic rings. The average Bonchev–Trinajstić information content (AvgIpc) is 3.22. The zero-order valence-electron chi connectivity index (χ0n) is 15.7. The summed E-state index contributed by atoms with van der Waals surface area (Å²) in [7, 11) is 0. The van der Waals surface area contributed by atoms with Crippen LogP contribution < -0.4 is 0 Å². The van der Waals surface area contributed by atoms with Gasteiger partial charge in [-0.15, -0.1) is 0 Å². The smallest absolute Gasteiger partial charge is 0.251 e. The molecule has 3 heterocycles. The van der Waals surface area contributed by atoms with E-state index in [0.29, 0.717) is 6.61 Å². The van der Waals surface area contributed by atoms with Crippen molar-refractivity contribution < 1.29 is 14.3 Å². The molecule has 6 nitrogen and oxygen atoms in total. The van der Waals surface area contributed by atoms with Crippen LogP contribution in [0.3, 0.4) is 0 Å². The quantitative estimate of drug-likeness (QED) is 0.792. The number of hydrogen-bond acceptors (Lipinski definition) is 4. The van der Waals surface area contributed by atoms with E-state index < -0.39 is 6.10 Å². The summed E-state index contributed by atoms with van der Waals surface area (Å²) < 4.78 is 13.4. The summed E-state index contributed by atoms with van der Waals surface area (Å²) >= 11 is 0. The number of ether oxygens (including phenoxy) is 2. The van der Waals surface area contributed by atoms with Gasteiger partial charge in [0.2, 0.25) is 0 Å². The summed E-state index contributed by atoms with van der Waals surface area (Å²) in [6.07, 6.45) is 5.13. The number of likely N-dealkylation sites (tertiary alicyclic amines) is 1. The second-order valence-corrected chi connectivity index (χ2v) is 7.40. The Morgan fingerprint density at radius 2 is 2.20 bits per heavy atom. The Labute approximate surface area is 150 Å². The van der Waals surface area contributed by atoms with Crippen LogP contribution in [0.2, 0.25) is 0 Å². The van der Waals surface area contributed by atoms with E-state index in [1.807, 2.05) is 23.4 Å². The number of aryl methyl sites for hydroxylation is 2. The SMILES string of the molecule is Cc1cc(C)n(C[C@@H]2CCCCN2C(=O)[C@@H](C)OC[C@H]2CCCO2)n1. The zero-order valence-corrected chi connectivity index (χ0v) is 15.7. The van der Waals surface area contributed by atoms with Gasteiger partial charge < -0.3 is 14.4 Å². The average molecular weight is 349 g/mol. The third-order valence-electron chi connectivity index (χ3n) is 5.30. The molecule has 3 rings (SSSR count). The molecule has 1 aromatic heterocycles. The lowest BCUT2D eigenvalue weighted by Gasteiger charge is -2.37. The monoisotopic (exact) mass is 349 g/mol. The summed E-state index contributed by atoms with van der Waals surface area (Å²) in [5.74, 6) is 0.101. The molecule has 0 aromatic carbocycles. The van der Waals surface area contributed by atoms with Crippen molar-refractivity contribution in [2.45, 2.75) is 77.7 Å². The highest BCUT2D eigenvalue weighted by Gasteiger charge is 2.31. The number of carbonyl (C=O) groups is 1. The van der Waals surface area contributed by atoms with E-state index in [1.165, 1.54) is 6.42 Å². The Balaban J connectivity index is 1.58. The van der Waals surface area contributed by atoms with Crippen molar-refractivity contribution in [2.24, 2.45) is 0 Å². The molecule has 2 saturated heterocycles. The van der Waals surface area contributed by atoms with Crippen molar-refractivity contribution in [1.29, 1.82) is 0 Å². The van der Waals surface area contributed by atoms with Gasteiger partial charge in [0.05, 0.1) is 31.0 Å². The largest absolute Gasteiger partial charge is 0.376 e. The maximum absolute atomic E-state index is 12.9. The highest BCUT2D eigenvalue weighted by Crippen LogP contribution is 2.21. The first-order chi connectivity index (χ1) is 12.0. The molecule has 0 aliphatic carbocycles.